The largest absolute Gasteiger partial charge is 0.393 e. The van der Waals surface area contributed by atoms with Gasteiger partial charge in [-0.1, -0.05) is 18.2 Å². The lowest BCUT2D eigenvalue weighted by Crippen LogP contribution is -2.44. The Hall–Kier alpha value is -1.08. The molecule has 1 aromatic carbocycles. The van der Waals surface area contributed by atoms with Crippen LogP contribution in [0.1, 0.15) is 12.8 Å². The smallest absolute Gasteiger partial charge is 0.207 e. The SMILES string of the molecule is O=S(=O)(c1ccccc1)N1CCC[C@H](C(F)(F)F)C1. The van der Waals surface area contributed by atoms with E-state index < -0.39 is 28.7 Å². The first-order chi connectivity index (χ1) is 8.82. The lowest BCUT2D eigenvalue weighted by atomic mass is 9.99. The van der Waals surface area contributed by atoms with E-state index in [9.17, 15) is 21.6 Å². The van der Waals surface area contributed by atoms with Crippen LogP contribution in [0.4, 0.5) is 13.2 Å². The van der Waals surface area contributed by atoms with E-state index in [-0.39, 0.29) is 24.3 Å². The summed E-state index contributed by atoms with van der Waals surface area (Å²) in [5.74, 6) is -1.57. The van der Waals surface area contributed by atoms with Gasteiger partial charge in [-0.25, -0.2) is 8.42 Å². The Bertz CT molecular complexity index is 528. The third-order valence-electron chi connectivity index (χ3n) is 3.23. The molecule has 1 saturated heterocycles. The Labute approximate surface area is 110 Å². The lowest BCUT2D eigenvalue weighted by Gasteiger charge is -2.32. The minimum atomic E-state index is -4.34. The van der Waals surface area contributed by atoms with Crippen molar-refractivity contribution in [3.8, 4) is 0 Å². The van der Waals surface area contributed by atoms with E-state index in [1.807, 2.05) is 0 Å². The third kappa shape index (κ3) is 3.09. The summed E-state index contributed by atoms with van der Waals surface area (Å²) in [4.78, 5) is 0.0397. The van der Waals surface area contributed by atoms with E-state index in [0.29, 0.717) is 0 Å². The number of alkyl halides is 3. The Morgan fingerprint density at radius 1 is 1.16 bits per heavy atom. The molecule has 0 aromatic heterocycles. The number of sulfonamides is 1. The minimum absolute atomic E-state index is 0.00961. The van der Waals surface area contributed by atoms with Gasteiger partial charge in [0.25, 0.3) is 0 Å². The highest BCUT2D eigenvalue weighted by Gasteiger charge is 2.44. The average Bonchev–Trinajstić information content (AvgIpc) is 2.39. The van der Waals surface area contributed by atoms with E-state index >= 15 is 0 Å². The fraction of sp³-hybridized carbons (Fsp3) is 0.500. The molecule has 1 aliphatic heterocycles. The molecular weight excluding hydrogens is 279 g/mol. The van der Waals surface area contributed by atoms with Crippen molar-refractivity contribution in [3.05, 3.63) is 30.3 Å². The second-order valence-electron chi connectivity index (χ2n) is 4.56. The Balaban J connectivity index is 2.22. The lowest BCUT2D eigenvalue weighted by molar-refractivity contribution is -0.182. The van der Waals surface area contributed by atoms with Crippen LogP contribution in [-0.2, 0) is 10.0 Å². The van der Waals surface area contributed by atoms with Crippen LogP contribution in [0.3, 0.4) is 0 Å². The number of benzene rings is 1. The van der Waals surface area contributed by atoms with Crippen molar-refractivity contribution in [2.24, 2.45) is 5.92 Å². The van der Waals surface area contributed by atoms with Crippen LogP contribution in [0.15, 0.2) is 35.2 Å². The maximum atomic E-state index is 12.7. The van der Waals surface area contributed by atoms with Crippen molar-refractivity contribution < 1.29 is 21.6 Å². The van der Waals surface area contributed by atoms with Crippen molar-refractivity contribution >= 4 is 10.0 Å². The normalized spacial score (nSPS) is 22.4. The number of rotatable bonds is 2. The van der Waals surface area contributed by atoms with E-state index in [0.717, 1.165) is 4.31 Å². The highest BCUT2D eigenvalue weighted by atomic mass is 32.2. The number of hydrogen-bond donors (Lipinski definition) is 0. The molecule has 0 radical (unpaired) electrons. The summed E-state index contributed by atoms with van der Waals surface area (Å²) in [6.07, 6.45) is -4.12. The van der Waals surface area contributed by atoms with Gasteiger partial charge in [-0.3, -0.25) is 0 Å². The zero-order valence-corrected chi connectivity index (χ0v) is 10.9. The molecule has 1 aromatic rings. The summed E-state index contributed by atoms with van der Waals surface area (Å²) in [6, 6.07) is 7.56. The van der Waals surface area contributed by atoms with E-state index in [4.69, 9.17) is 0 Å². The molecule has 7 heteroatoms. The molecule has 0 spiro atoms. The van der Waals surface area contributed by atoms with Crippen LogP contribution in [0.2, 0.25) is 0 Å². The van der Waals surface area contributed by atoms with Gasteiger partial charge in [-0.15, -0.1) is 0 Å². The summed E-state index contributed by atoms with van der Waals surface area (Å²) in [5, 5.41) is 0. The summed E-state index contributed by atoms with van der Waals surface area (Å²) in [7, 11) is -3.82. The summed E-state index contributed by atoms with van der Waals surface area (Å²) in [6.45, 7) is -0.343. The standard InChI is InChI=1S/C12H14F3NO2S/c13-12(14,15)10-5-4-8-16(9-10)19(17,18)11-6-2-1-3-7-11/h1-3,6-7,10H,4-5,8-9H2/t10-/m0/s1. The predicted octanol–water partition coefficient (Wildman–Crippen LogP) is 2.65. The summed E-state index contributed by atoms with van der Waals surface area (Å²) >= 11 is 0. The predicted molar refractivity (Wildman–Crippen MR) is 64.0 cm³/mol. The van der Waals surface area contributed by atoms with Gasteiger partial charge in [0.2, 0.25) is 10.0 Å². The van der Waals surface area contributed by atoms with Gasteiger partial charge in [0.05, 0.1) is 10.8 Å². The Kier molecular flexibility index (Phi) is 3.87. The fourth-order valence-electron chi connectivity index (χ4n) is 2.17. The molecule has 0 saturated carbocycles. The summed E-state index contributed by atoms with van der Waals surface area (Å²) < 4.78 is 63.4. The van der Waals surface area contributed by atoms with Crippen molar-refractivity contribution in [2.45, 2.75) is 23.9 Å². The van der Waals surface area contributed by atoms with E-state index in [1.54, 1.807) is 18.2 Å². The summed E-state index contributed by atoms with van der Waals surface area (Å²) in [5.41, 5.74) is 0. The van der Waals surface area contributed by atoms with Gasteiger partial charge in [0.1, 0.15) is 0 Å². The highest BCUT2D eigenvalue weighted by Crippen LogP contribution is 2.34. The number of nitrogens with zero attached hydrogens (tertiary/aromatic N) is 1. The van der Waals surface area contributed by atoms with Crippen LogP contribution < -0.4 is 0 Å². The molecule has 1 heterocycles. The second-order valence-corrected chi connectivity index (χ2v) is 6.49. The van der Waals surface area contributed by atoms with Crippen LogP contribution in [0, 0.1) is 5.92 Å². The van der Waals surface area contributed by atoms with Gasteiger partial charge in [0.15, 0.2) is 0 Å². The number of hydrogen-bond acceptors (Lipinski definition) is 2. The van der Waals surface area contributed by atoms with E-state index in [2.05, 4.69) is 0 Å². The van der Waals surface area contributed by atoms with E-state index in [1.165, 1.54) is 12.1 Å². The zero-order valence-electron chi connectivity index (χ0n) is 10.1. The molecule has 0 bridgehead atoms. The first-order valence-electron chi connectivity index (χ1n) is 5.94. The van der Waals surface area contributed by atoms with Gasteiger partial charge in [-0.2, -0.15) is 17.5 Å². The monoisotopic (exact) mass is 293 g/mol. The maximum Gasteiger partial charge on any atom is 0.393 e. The molecular formula is C12H14F3NO2S. The maximum absolute atomic E-state index is 12.7. The van der Waals surface area contributed by atoms with Crippen LogP contribution in [0.5, 0.6) is 0 Å². The topological polar surface area (TPSA) is 37.4 Å². The van der Waals surface area contributed by atoms with Crippen molar-refractivity contribution in [3.63, 3.8) is 0 Å². The van der Waals surface area contributed by atoms with Crippen molar-refractivity contribution in [1.29, 1.82) is 0 Å². The third-order valence-corrected chi connectivity index (χ3v) is 5.11. The minimum Gasteiger partial charge on any atom is -0.207 e. The van der Waals surface area contributed by atoms with Crippen LogP contribution in [-0.4, -0.2) is 32.0 Å². The molecule has 0 amide bonds. The van der Waals surface area contributed by atoms with Gasteiger partial charge >= 0.3 is 6.18 Å². The second kappa shape index (κ2) is 5.13. The highest BCUT2D eigenvalue weighted by molar-refractivity contribution is 7.89. The first kappa shape index (κ1) is 14.3. The molecule has 1 atom stereocenters. The molecule has 3 nitrogen and oxygen atoms in total. The first-order valence-corrected chi connectivity index (χ1v) is 7.38. The molecule has 0 unspecified atom stereocenters. The van der Waals surface area contributed by atoms with Gasteiger partial charge in [0, 0.05) is 13.1 Å². The molecule has 1 aliphatic rings. The molecule has 106 valence electrons. The van der Waals surface area contributed by atoms with Crippen LogP contribution in [0.25, 0.3) is 0 Å². The van der Waals surface area contributed by atoms with Crippen molar-refractivity contribution in [1.82, 2.24) is 4.31 Å². The molecule has 1 fully saturated rings. The fourth-order valence-corrected chi connectivity index (χ4v) is 3.71. The molecule has 2 rings (SSSR count). The average molecular weight is 293 g/mol. The Morgan fingerprint density at radius 2 is 1.79 bits per heavy atom. The molecule has 19 heavy (non-hydrogen) atoms. The van der Waals surface area contributed by atoms with Gasteiger partial charge in [-0.05, 0) is 25.0 Å². The van der Waals surface area contributed by atoms with Crippen LogP contribution >= 0.6 is 0 Å². The van der Waals surface area contributed by atoms with Crippen molar-refractivity contribution in [2.75, 3.05) is 13.1 Å². The molecule has 0 aliphatic carbocycles. The Morgan fingerprint density at radius 3 is 2.37 bits per heavy atom. The number of halogens is 3. The quantitative estimate of drug-likeness (QED) is 0.840. The zero-order chi connectivity index (χ0) is 14.1. The molecule has 0 N–H and O–H groups in total. The number of piperidine rings is 1. The van der Waals surface area contributed by atoms with Gasteiger partial charge < -0.3 is 0 Å².